The molecule has 2 N–H and O–H groups in total. The highest BCUT2D eigenvalue weighted by molar-refractivity contribution is 6.03. The Morgan fingerprint density at radius 2 is 1.88 bits per heavy atom. The Balaban J connectivity index is 1.29. The highest BCUT2D eigenvalue weighted by atomic mass is 16.2. The van der Waals surface area contributed by atoms with Gasteiger partial charge in [0.2, 0.25) is 23.5 Å². The summed E-state index contributed by atoms with van der Waals surface area (Å²) in [5, 5.41) is 17.8. The second-order valence-electron chi connectivity index (χ2n) is 8.12. The van der Waals surface area contributed by atoms with E-state index in [2.05, 4.69) is 26.0 Å². The van der Waals surface area contributed by atoms with Crippen molar-refractivity contribution in [2.75, 3.05) is 5.32 Å². The van der Waals surface area contributed by atoms with Crippen LogP contribution in [0.15, 0.2) is 54.6 Å². The summed E-state index contributed by atoms with van der Waals surface area (Å²) >= 11 is 0. The first-order valence-corrected chi connectivity index (χ1v) is 11.1. The van der Waals surface area contributed by atoms with Crippen molar-refractivity contribution in [3.05, 3.63) is 60.2 Å². The molecule has 1 aliphatic rings. The van der Waals surface area contributed by atoms with Gasteiger partial charge in [0.05, 0.1) is 12.0 Å². The summed E-state index contributed by atoms with van der Waals surface area (Å²) < 4.78 is 0. The number of carbonyl (C=O) groups is 3. The number of hydrogen-bond acceptors (Lipinski definition) is 6. The number of aryl methyl sites for hydroxylation is 1. The van der Waals surface area contributed by atoms with E-state index in [1.807, 2.05) is 49.4 Å². The van der Waals surface area contributed by atoms with Crippen molar-refractivity contribution in [3.8, 4) is 11.4 Å². The van der Waals surface area contributed by atoms with Crippen LogP contribution >= 0.6 is 0 Å². The molecule has 0 radical (unpaired) electrons. The molecule has 0 saturated carbocycles. The fraction of sp³-hybridized carbons (Fsp3) is 0.333. The second-order valence-corrected chi connectivity index (χ2v) is 8.12. The average Bonchev–Trinajstić information content (AvgIpc) is 3.30. The molecular weight excluding hydrogens is 420 g/mol. The summed E-state index contributed by atoms with van der Waals surface area (Å²) in [6.07, 6.45) is 2.29. The van der Waals surface area contributed by atoms with Crippen molar-refractivity contribution in [2.24, 2.45) is 0 Å². The first kappa shape index (κ1) is 22.3. The molecule has 1 atom stereocenters. The lowest BCUT2D eigenvalue weighted by molar-refractivity contribution is -0.138. The fourth-order valence-corrected chi connectivity index (χ4v) is 4.08. The summed E-state index contributed by atoms with van der Waals surface area (Å²) in [5.74, 6) is -0.0427. The van der Waals surface area contributed by atoms with Crippen molar-refractivity contribution in [1.29, 1.82) is 0 Å². The summed E-state index contributed by atoms with van der Waals surface area (Å²) in [4.78, 5) is 37.9. The van der Waals surface area contributed by atoms with Crippen LogP contribution in [0.3, 0.4) is 0 Å². The quantitative estimate of drug-likeness (QED) is 0.514. The molecule has 170 valence electrons. The van der Waals surface area contributed by atoms with Crippen LogP contribution in [0.25, 0.3) is 11.4 Å². The van der Waals surface area contributed by atoms with E-state index in [0.29, 0.717) is 50.2 Å². The number of benzene rings is 2. The molecule has 2 aromatic carbocycles. The summed E-state index contributed by atoms with van der Waals surface area (Å²) in [7, 11) is 0. The van der Waals surface area contributed by atoms with Gasteiger partial charge >= 0.3 is 0 Å². The Hall–Kier alpha value is -3.88. The number of aromatic nitrogens is 4. The maximum absolute atomic E-state index is 12.5. The zero-order chi connectivity index (χ0) is 23.3. The molecule has 1 aliphatic heterocycles. The number of rotatable bonds is 8. The zero-order valence-corrected chi connectivity index (χ0v) is 18.5. The highest BCUT2D eigenvalue weighted by Crippen LogP contribution is 2.36. The molecule has 0 aliphatic carbocycles. The summed E-state index contributed by atoms with van der Waals surface area (Å²) in [5.41, 5.74) is 1.69. The molecule has 0 spiro atoms. The van der Waals surface area contributed by atoms with Crippen LogP contribution in [-0.2, 0) is 26.3 Å². The standard InChI is InChI=1S/C24H26N6O3/c1-2-24(15-14-21(32)26-23(24)33)18-10-12-19(13-11-18)25-20(31)9-6-16-30-28-22(27-29-30)17-7-4-3-5-8-17/h3-5,7-8,10-13H,2,6,9,14-16H2,1H3,(H,25,31)(H,26,32,33). The molecule has 0 bridgehead atoms. The van der Waals surface area contributed by atoms with Gasteiger partial charge < -0.3 is 5.32 Å². The van der Waals surface area contributed by atoms with E-state index in [4.69, 9.17) is 0 Å². The molecule has 1 saturated heterocycles. The lowest BCUT2D eigenvalue weighted by Crippen LogP contribution is -2.51. The van der Waals surface area contributed by atoms with Crippen molar-refractivity contribution >= 4 is 23.4 Å². The fourth-order valence-electron chi connectivity index (χ4n) is 4.08. The van der Waals surface area contributed by atoms with Gasteiger partial charge in [0.15, 0.2) is 0 Å². The van der Waals surface area contributed by atoms with Gasteiger partial charge in [-0.3, -0.25) is 19.7 Å². The number of carbonyl (C=O) groups excluding carboxylic acids is 3. The van der Waals surface area contributed by atoms with Gasteiger partial charge in [0, 0.05) is 24.1 Å². The Labute approximate surface area is 191 Å². The number of nitrogens with zero attached hydrogens (tertiary/aromatic N) is 4. The lowest BCUT2D eigenvalue weighted by Gasteiger charge is -2.35. The maximum Gasteiger partial charge on any atom is 0.237 e. The molecule has 1 fully saturated rings. The zero-order valence-electron chi connectivity index (χ0n) is 18.5. The molecule has 9 nitrogen and oxygen atoms in total. The molecule has 9 heteroatoms. The number of amides is 3. The van der Waals surface area contributed by atoms with E-state index >= 15 is 0 Å². The van der Waals surface area contributed by atoms with Crippen LogP contribution in [0.4, 0.5) is 5.69 Å². The number of hydrogen-bond donors (Lipinski definition) is 2. The monoisotopic (exact) mass is 446 g/mol. The molecule has 2 heterocycles. The molecule has 1 aromatic heterocycles. The van der Waals surface area contributed by atoms with Crippen LogP contribution in [-0.4, -0.2) is 37.9 Å². The number of anilines is 1. The normalized spacial score (nSPS) is 18.1. The van der Waals surface area contributed by atoms with E-state index in [1.165, 1.54) is 4.80 Å². The third-order valence-corrected chi connectivity index (χ3v) is 6.04. The van der Waals surface area contributed by atoms with Gasteiger partial charge in [-0.25, -0.2) is 0 Å². The Morgan fingerprint density at radius 1 is 1.12 bits per heavy atom. The van der Waals surface area contributed by atoms with Gasteiger partial charge in [-0.2, -0.15) is 4.80 Å². The molecule has 3 aromatic rings. The van der Waals surface area contributed by atoms with Crippen LogP contribution in [0, 0.1) is 0 Å². The van der Waals surface area contributed by atoms with Crippen molar-refractivity contribution in [2.45, 2.75) is 51.0 Å². The van der Waals surface area contributed by atoms with Gasteiger partial charge in [-0.1, -0.05) is 49.4 Å². The largest absolute Gasteiger partial charge is 0.326 e. The van der Waals surface area contributed by atoms with Crippen LogP contribution in [0.5, 0.6) is 0 Å². The predicted octanol–water partition coefficient (Wildman–Crippen LogP) is 2.84. The Morgan fingerprint density at radius 3 is 2.58 bits per heavy atom. The predicted molar refractivity (Wildman–Crippen MR) is 122 cm³/mol. The minimum Gasteiger partial charge on any atom is -0.326 e. The van der Waals surface area contributed by atoms with Gasteiger partial charge in [0.1, 0.15) is 0 Å². The minimum absolute atomic E-state index is 0.114. The topological polar surface area (TPSA) is 119 Å². The molecule has 1 unspecified atom stereocenters. The number of tetrazole rings is 1. The van der Waals surface area contributed by atoms with Crippen LogP contribution in [0.2, 0.25) is 0 Å². The average molecular weight is 447 g/mol. The van der Waals surface area contributed by atoms with E-state index in [-0.39, 0.29) is 17.7 Å². The van der Waals surface area contributed by atoms with Crippen molar-refractivity contribution in [1.82, 2.24) is 25.5 Å². The summed E-state index contributed by atoms with van der Waals surface area (Å²) in [6, 6.07) is 16.9. The van der Waals surface area contributed by atoms with Crippen LogP contribution in [0.1, 0.15) is 44.6 Å². The molecule has 33 heavy (non-hydrogen) atoms. The van der Waals surface area contributed by atoms with Crippen molar-refractivity contribution in [3.63, 3.8) is 0 Å². The SMILES string of the molecule is CCC1(c2ccc(NC(=O)CCCn3nnc(-c4ccccc4)n3)cc2)CCC(=O)NC1=O. The van der Waals surface area contributed by atoms with Crippen molar-refractivity contribution < 1.29 is 14.4 Å². The third kappa shape index (κ3) is 4.97. The Bertz CT molecular complexity index is 1140. The van der Waals surface area contributed by atoms with Gasteiger partial charge in [0.25, 0.3) is 0 Å². The van der Waals surface area contributed by atoms with E-state index < -0.39 is 5.41 Å². The molecular formula is C24H26N6O3. The molecule has 4 rings (SSSR count). The molecule has 3 amide bonds. The van der Waals surface area contributed by atoms with E-state index in [9.17, 15) is 14.4 Å². The summed E-state index contributed by atoms with van der Waals surface area (Å²) in [6.45, 7) is 2.43. The van der Waals surface area contributed by atoms with E-state index in [0.717, 1.165) is 11.1 Å². The van der Waals surface area contributed by atoms with Crippen LogP contribution < -0.4 is 10.6 Å². The van der Waals surface area contributed by atoms with Gasteiger partial charge in [-0.15, -0.1) is 10.2 Å². The first-order valence-electron chi connectivity index (χ1n) is 11.1. The maximum atomic E-state index is 12.5. The number of imide groups is 1. The van der Waals surface area contributed by atoms with E-state index in [1.54, 1.807) is 12.1 Å². The smallest absolute Gasteiger partial charge is 0.237 e. The minimum atomic E-state index is -0.708. The third-order valence-electron chi connectivity index (χ3n) is 6.04. The Kier molecular flexibility index (Phi) is 6.58. The number of piperidine rings is 1. The highest BCUT2D eigenvalue weighted by Gasteiger charge is 2.42. The van der Waals surface area contributed by atoms with Gasteiger partial charge in [-0.05, 0) is 42.2 Å². The number of nitrogens with one attached hydrogen (secondary N) is 2. The lowest BCUT2D eigenvalue weighted by atomic mass is 9.72. The first-order chi connectivity index (χ1) is 16.0. The second kappa shape index (κ2) is 9.72.